The summed E-state index contributed by atoms with van der Waals surface area (Å²) in [6.45, 7) is 3.81. The van der Waals surface area contributed by atoms with Crippen LogP contribution in [0.15, 0.2) is 24.3 Å². The summed E-state index contributed by atoms with van der Waals surface area (Å²) in [4.78, 5) is 23.7. The molecule has 1 aromatic carbocycles. The first-order valence-electron chi connectivity index (χ1n) is 5.29. The highest BCUT2D eigenvalue weighted by Gasteiger charge is 2.50. The number of carbonyl (C=O) groups is 2. The van der Waals surface area contributed by atoms with Crippen molar-refractivity contribution in [2.24, 2.45) is 0 Å². The number of hydrogen-bond acceptors (Lipinski definition) is 2. The van der Waals surface area contributed by atoms with Crippen LogP contribution in [0.4, 0.5) is 0 Å². The lowest BCUT2D eigenvalue weighted by Gasteiger charge is -2.21. The van der Waals surface area contributed by atoms with Gasteiger partial charge in [-0.3, -0.25) is 20.4 Å². The molecule has 0 aromatic heterocycles. The lowest BCUT2D eigenvalue weighted by Crippen LogP contribution is -2.39. The predicted molar refractivity (Wildman–Crippen MR) is 59.4 cm³/mol. The number of rotatable bonds is 2. The summed E-state index contributed by atoms with van der Waals surface area (Å²) in [6, 6.07) is 7.49. The Morgan fingerprint density at radius 1 is 1.06 bits per heavy atom. The zero-order valence-corrected chi connectivity index (χ0v) is 9.33. The van der Waals surface area contributed by atoms with Crippen molar-refractivity contribution in [2.45, 2.75) is 25.7 Å². The molecule has 16 heavy (non-hydrogen) atoms. The van der Waals surface area contributed by atoms with E-state index in [0.29, 0.717) is 6.42 Å². The van der Waals surface area contributed by atoms with Gasteiger partial charge in [0.25, 0.3) is 11.8 Å². The average Bonchev–Trinajstić information content (AvgIpc) is 2.57. The predicted octanol–water partition coefficient (Wildman–Crippen LogP) is 0.804. The molecule has 0 unspecified atom stereocenters. The molecule has 1 aliphatic heterocycles. The monoisotopic (exact) mass is 218 g/mol. The van der Waals surface area contributed by atoms with Gasteiger partial charge in [0.1, 0.15) is 0 Å². The van der Waals surface area contributed by atoms with E-state index in [1.165, 1.54) is 0 Å². The molecule has 84 valence electrons. The number of amides is 2. The minimum atomic E-state index is -1.06. The Kier molecular flexibility index (Phi) is 2.42. The largest absolute Gasteiger partial charge is 0.272 e. The van der Waals surface area contributed by atoms with E-state index in [2.05, 4.69) is 10.9 Å². The van der Waals surface area contributed by atoms with Crippen LogP contribution in [-0.4, -0.2) is 11.8 Å². The fourth-order valence-corrected chi connectivity index (χ4v) is 2.06. The van der Waals surface area contributed by atoms with Gasteiger partial charge in [-0.05, 0) is 18.9 Å². The maximum Gasteiger partial charge on any atom is 0.258 e. The Balaban J connectivity index is 2.53. The van der Waals surface area contributed by atoms with Crippen LogP contribution in [0.3, 0.4) is 0 Å². The molecule has 1 aliphatic rings. The van der Waals surface area contributed by atoms with Crippen LogP contribution in [0.1, 0.15) is 24.5 Å². The van der Waals surface area contributed by atoms with Gasteiger partial charge in [-0.15, -0.1) is 0 Å². The van der Waals surface area contributed by atoms with Crippen LogP contribution in [0.25, 0.3) is 0 Å². The van der Waals surface area contributed by atoms with E-state index in [0.717, 1.165) is 11.1 Å². The third-order valence-corrected chi connectivity index (χ3v) is 3.14. The maximum atomic E-state index is 11.8. The first-order chi connectivity index (χ1) is 7.61. The van der Waals surface area contributed by atoms with Crippen LogP contribution in [0.2, 0.25) is 0 Å². The van der Waals surface area contributed by atoms with Crippen LogP contribution in [0.5, 0.6) is 0 Å². The second kappa shape index (κ2) is 3.63. The highest BCUT2D eigenvalue weighted by molar-refractivity contribution is 6.15. The van der Waals surface area contributed by atoms with Crippen molar-refractivity contribution in [1.29, 1.82) is 0 Å². The lowest BCUT2D eigenvalue weighted by molar-refractivity contribution is -0.130. The number of hydrazine groups is 1. The zero-order chi connectivity index (χ0) is 11.8. The molecule has 1 fully saturated rings. The molecule has 0 bridgehead atoms. The molecule has 0 saturated carbocycles. The van der Waals surface area contributed by atoms with Crippen LogP contribution in [0, 0.1) is 6.92 Å². The number of nitrogens with one attached hydrogen (secondary N) is 2. The minimum Gasteiger partial charge on any atom is -0.272 e. The number of benzene rings is 1. The molecular weight excluding hydrogens is 204 g/mol. The Labute approximate surface area is 94.0 Å². The SMILES string of the molecule is CCC1(c2ccc(C)cc2)C(=O)NNC1=O. The summed E-state index contributed by atoms with van der Waals surface area (Å²) in [7, 11) is 0. The van der Waals surface area contributed by atoms with Gasteiger partial charge < -0.3 is 0 Å². The topological polar surface area (TPSA) is 58.2 Å². The summed E-state index contributed by atoms with van der Waals surface area (Å²) in [5.74, 6) is -0.548. The van der Waals surface area contributed by atoms with E-state index in [-0.39, 0.29) is 11.8 Å². The third-order valence-electron chi connectivity index (χ3n) is 3.14. The second-order valence-electron chi connectivity index (χ2n) is 4.03. The van der Waals surface area contributed by atoms with Crippen molar-refractivity contribution in [2.75, 3.05) is 0 Å². The molecule has 1 aromatic rings. The number of hydrogen-bond donors (Lipinski definition) is 2. The molecule has 0 aliphatic carbocycles. The van der Waals surface area contributed by atoms with E-state index < -0.39 is 5.41 Å². The average molecular weight is 218 g/mol. The van der Waals surface area contributed by atoms with Crippen LogP contribution >= 0.6 is 0 Å². The number of aryl methyl sites for hydroxylation is 1. The molecule has 0 radical (unpaired) electrons. The summed E-state index contributed by atoms with van der Waals surface area (Å²) in [6.07, 6.45) is 0.452. The normalized spacial score (nSPS) is 18.1. The van der Waals surface area contributed by atoms with Gasteiger partial charge >= 0.3 is 0 Å². The van der Waals surface area contributed by atoms with Crippen molar-refractivity contribution in [3.63, 3.8) is 0 Å². The van der Waals surface area contributed by atoms with Crippen molar-refractivity contribution < 1.29 is 9.59 Å². The second-order valence-corrected chi connectivity index (χ2v) is 4.03. The van der Waals surface area contributed by atoms with E-state index in [1.807, 2.05) is 38.1 Å². The Morgan fingerprint density at radius 2 is 1.56 bits per heavy atom. The van der Waals surface area contributed by atoms with Gasteiger partial charge in [-0.2, -0.15) is 0 Å². The van der Waals surface area contributed by atoms with E-state index in [4.69, 9.17) is 0 Å². The molecular formula is C12H14N2O2. The zero-order valence-electron chi connectivity index (χ0n) is 9.33. The lowest BCUT2D eigenvalue weighted by atomic mass is 9.77. The third kappa shape index (κ3) is 1.30. The highest BCUT2D eigenvalue weighted by atomic mass is 16.2. The molecule has 2 amide bonds. The molecule has 1 heterocycles. The Hall–Kier alpha value is -1.84. The minimum absolute atomic E-state index is 0.274. The highest BCUT2D eigenvalue weighted by Crippen LogP contribution is 2.31. The molecule has 1 saturated heterocycles. The Morgan fingerprint density at radius 3 is 2.00 bits per heavy atom. The van der Waals surface area contributed by atoms with Crippen LogP contribution < -0.4 is 10.9 Å². The molecule has 0 spiro atoms. The molecule has 4 nitrogen and oxygen atoms in total. The van der Waals surface area contributed by atoms with Crippen LogP contribution in [-0.2, 0) is 15.0 Å². The maximum absolute atomic E-state index is 11.8. The standard InChI is InChI=1S/C12H14N2O2/c1-3-12(10(15)13-14-11(12)16)9-6-4-8(2)5-7-9/h4-7H,3H2,1-2H3,(H,13,15)(H,14,16). The fourth-order valence-electron chi connectivity index (χ4n) is 2.06. The van der Waals surface area contributed by atoms with E-state index in [9.17, 15) is 9.59 Å². The summed E-state index contributed by atoms with van der Waals surface area (Å²) in [5.41, 5.74) is 5.56. The molecule has 2 rings (SSSR count). The summed E-state index contributed by atoms with van der Waals surface area (Å²) in [5, 5.41) is 0. The van der Waals surface area contributed by atoms with Gasteiger partial charge in [-0.1, -0.05) is 36.8 Å². The summed E-state index contributed by atoms with van der Waals surface area (Å²) < 4.78 is 0. The van der Waals surface area contributed by atoms with Crippen molar-refractivity contribution in [3.05, 3.63) is 35.4 Å². The van der Waals surface area contributed by atoms with Gasteiger partial charge in [0.05, 0.1) is 0 Å². The van der Waals surface area contributed by atoms with Crippen molar-refractivity contribution in [3.8, 4) is 0 Å². The Bertz CT molecular complexity index is 421. The quantitative estimate of drug-likeness (QED) is 0.721. The molecule has 2 N–H and O–H groups in total. The van der Waals surface area contributed by atoms with Gasteiger partial charge in [0, 0.05) is 0 Å². The van der Waals surface area contributed by atoms with Gasteiger partial charge in [-0.25, -0.2) is 0 Å². The van der Waals surface area contributed by atoms with Gasteiger partial charge in [0.2, 0.25) is 0 Å². The van der Waals surface area contributed by atoms with Crippen molar-refractivity contribution >= 4 is 11.8 Å². The molecule has 4 heteroatoms. The first kappa shape index (κ1) is 10.7. The van der Waals surface area contributed by atoms with E-state index in [1.54, 1.807) is 0 Å². The fraction of sp³-hybridized carbons (Fsp3) is 0.333. The molecule has 0 atom stereocenters. The van der Waals surface area contributed by atoms with Gasteiger partial charge in [0.15, 0.2) is 5.41 Å². The van der Waals surface area contributed by atoms with E-state index >= 15 is 0 Å². The number of carbonyl (C=O) groups excluding carboxylic acids is 2. The van der Waals surface area contributed by atoms with Crippen molar-refractivity contribution in [1.82, 2.24) is 10.9 Å². The first-order valence-corrected chi connectivity index (χ1v) is 5.29. The summed E-state index contributed by atoms with van der Waals surface area (Å²) >= 11 is 0. The smallest absolute Gasteiger partial charge is 0.258 e.